The van der Waals surface area contributed by atoms with Gasteiger partial charge in [-0.15, -0.1) is 0 Å². The number of nitrogens with one attached hydrogen (secondary N) is 2. The molecule has 2 N–H and O–H groups in total. The van der Waals surface area contributed by atoms with Crippen molar-refractivity contribution in [3.8, 4) is 0 Å². The van der Waals surface area contributed by atoms with Crippen LogP contribution < -0.4 is 10.6 Å². The standard InChI is InChI=1S/C14H19ClN2O/c1-10-2-3-12(9-13(10)15)17-14(18)8-11-4-6-16-7-5-11/h2-3,9,11,16H,4-8H2,1H3,(H,17,18). The first kappa shape index (κ1) is 13.4. The van der Waals surface area contributed by atoms with Gasteiger partial charge < -0.3 is 10.6 Å². The minimum absolute atomic E-state index is 0.0850. The minimum atomic E-state index is 0.0850. The van der Waals surface area contributed by atoms with Crippen molar-refractivity contribution in [2.45, 2.75) is 26.2 Å². The smallest absolute Gasteiger partial charge is 0.224 e. The average molecular weight is 267 g/mol. The van der Waals surface area contributed by atoms with Crippen LogP contribution in [0.5, 0.6) is 0 Å². The molecule has 4 heteroatoms. The van der Waals surface area contributed by atoms with Gasteiger partial charge in [0.05, 0.1) is 0 Å². The van der Waals surface area contributed by atoms with Gasteiger partial charge in [-0.3, -0.25) is 4.79 Å². The Bertz CT molecular complexity index is 428. The summed E-state index contributed by atoms with van der Waals surface area (Å²) in [5.41, 5.74) is 1.80. The summed E-state index contributed by atoms with van der Waals surface area (Å²) in [4.78, 5) is 11.9. The molecule has 0 spiro atoms. The number of carbonyl (C=O) groups excluding carboxylic acids is 1. The largest absolute Gasteiger partial charge is 0.326 e. The third-order valence-electron chi connectivity index (χ3n) is 3.39. The van der Waals surface area contributed by atoms with Crippen LogP contribution >= 0.6 is 11.6 Å². The Morgan fingerprint density at radius 2 is 2.17 bits per heavy atom. The van der Waals surface area contributed by atoms with E-state index in [9.17, 15) is 4.79 Å². The summed E-state index contributed by atoms with van der Waals surface area (Å²) in [6, 6.07) is 5.61. The Hall–Kier alpha value is -1.06. The van der Waals surface area contributed by atoms with Gasteiger partial charge in [-0.1, -0.05) is 17.7 Å². The van der Waals surface area contributed by atoms with E-state index in [-0.39, 0.29) is 5.91 Å². The van der Waals surface area contributed by atoms with Crippen molar-refractivity contribution in [3.63, 3.8) is 0 Å². The van der Waals surface area contributed by atoms with Crippen molar-refractivity contribution in [2.24, 2.45) is 5.92 Å². The normalized spacial score (nSPS) is 16.6. The average Bonchev–Trinajstić information content (AvgIpc) is 2.35. The quantitative estimate of drug-likeness (QED) is 0.883. The third-order valence-corrected chi connectivity index (χ3v) is 3.80. The zero-order valence-electron chi connectivity index (χ0n) is 10.6. The van der Waals surface area contributed by atoms with Crippen LogP contribution in [0.2, 0.25) is 5.02 Å². The zero-order valence-corrected chi connectivity index (χ0v) is 11.4. The monoisotopic (exact) mass is 266 g/mol. The first-order valence-corrected chi connectivity index (χ1v) is 6.79. The fourth-order valence-corrected chi connectivity index (χ4v) is 2.41. The van der Waals surface area contributed by atoms with Crippen LogP contribution in [0.4, 0.5) is 5.69 Å². The number of amides is 1. The topological polar surface area (TPSA) is 41.1 Å². The molecule has 0 unspecified atom stereocenters. The van der Waals surface area contributed by atoms with E-state index in [0.29, 0.717) is 17.4 Å². The second kappa shape index (κ2) is 6.21. The molecule has 0 atom stereocenters. The number of carbonyl (C=O) groups is 1. The number of rotatable bonds is 3. The van der Waals surface area contributed by atoms with E-state index in [1.54, 1.807) is 6.07 Å². The predicted molar refractivity (Wildman–Crippen MR) is 75.0 cm³/mol. The zero-order chi connectivity index (χ0) is 13.0. The van der Waals surface area contributed by atoms with Gasteiger partial charge >= 0.3 is 0 Å². The van der Waals surface area contributed by atoms with Crippen molar-refractivity contribution in [3.05, 3.63) is 28.8 Å². The summed E-state index contributed by atoms with van der Waals surface area (Å²) in [6.45, 7) is 3.99. The number of aryl methyl sites for hydroxylation is 1. The van der Waals surface area contributed by atoms with Crippen molar-refractivity contribution in [2.75, 3.05) is 18.4 Å². The summed E-state index contributed by atoms with van der Waals surface area (Å²) >= 11 is 6.03. The molecule has 1 fully saturated rings. The molecule has 0 bridgehead atoms. The third kappa shape index (κ3) is 3.72. The van der Waals surface area contributed by atoms with Gasteiger partial charge in [0.25, 0.3) is 0 Å². The van der Waals surface area contributed by atoms with E-state index in [0.717, 1.165) is 37.2 Å². The van der Waals surface area contributed by atoms with E-state index >= 15 is 0 Å². The fraction of sp³-hybridized carbons (Fsp3) is 0.500. The van der Waals surface area contributed by atoms with Gasteiger partial charge in [0, 0.05) is 17.1 Å². The molecule has 1 amide bonds. The van der Waals surface area contributed by atoms with Gasteiger partial charge in [0.1, 0.15) is 0 Å². The summed E-state index contributed by atoms with van der Waals surface area (Å²) in [5.74, 6) is 0.592. The van der Waals surface area contributed by atoms with E-state index in [2.05, 4.69) is 10.6 Å². The highest BCUT2D eigenvalue weighted by molar-refractivity contribution is 6.31. The summed E-state index contributed by atoms with van der Waals surface area (Å²) in [7, 11) is 0. The van der Waals surface area contributed by atoms with Crippen molar-refractivity contribution in [1.29, 1.82) is 0 Å². The molecular weight excluding hydrogens is 248 g/mol. The molecule has 1 aliphatic rings. The molecule has 1 aromatic carbocycles. The molecule has 0 radical (unpaired) electrons. The maximum atomic E-state index is 11.9. The molecule has 1 aliphatic heterocycles. The van der Waals surface area contributed by atoms with Crippen LogP contribution in [0.15, 0.2) is 18.2 Å². The van der Waals surface area contributed by atoms with Crippen LogP contribution in [0.1, 0.15) is 24.8 Å². The molecule has 0 saturated carbocycles. The highest BCUT2D eigenvalue weighted by Crippen LogP contribution is 2.21. The number of piperidine rings is 1. The first-order valence-electron chi connectivity index (χ1n) is 6.42. The van der Waals surface area contributed by atoms with E-state index < -0.39 is 0 Å². The van der Waals surface area contributed by atoms with E-state index in [1.807, 2.05) is 19.1 Å². The number of anilines is 1. The van der Waals surface area contributed by atoms with Gasteiger partial charge in [-0.25, -0.2) is 0 Å². The Morgan fingerprint density at radius 3 is 2.83 bits per heavy atom. The summed E-state index contributed by atoms with van der Waals surface area (Å²) in [5, 5.41) is 6.91. The number of halogens is 1. The number of hydrogen-bond acceptors (Lipinski definition) is 2. The lowest BCUT2D eigenvalue weighted by Crippen LogP contribution is -2.30. The van der Waals surface area contributed by atoms with Gasteiger partial charge in [-0.05, 0) is 56.5 Å². The highest BCUT2D eigenvalue weighted by Gasteiger charge is 2.16. The predicted octanol–water partition coefficient (Wildman–Crippen LogP) is 2.98. The molecular formula is C14H19ClN2O. The molecule has 3 nitrogen and oxygen atoms in total. The number of benzene rings is 1. The highest BCUT2D eigenvalue weighted by atomic mass is 35.5. The molecule has 1 aromatic rings. The van der Waals surface area contributed by atoms with Crippen LogP contribution in [0.25, 0.3) is 0 Å². The molecule has 98 valence electrons. The molecule has 18 heavy (non-hydrogen) atoms. The Kier molecular flexibility index (Phi) is 4.61. The van der Waals surface area contributed by atoms with Crippen LogP contribution in [-0.4, -0.2) is 19.0 Å². The molecule has 0 aliphatic carbocycles. The van der Waals surface area contributed by atoms with Crippen LogP contribution in [0.3, 0.4) is 0 Å². The van der Waals surface area contributed by atoms with Crippen LogP contribution in [0, 0.1) is 12.8 Å². The Balaban J connectivity index is 1.88. The molecule has 1 saturated heterocycles. The van der Waals surface area contributed by atoms with Crippen LogP contribution in [-0.2, 0) is 4.79 Å². The van der Waals surface area contributed by atoms with Gasteiger partial charge in [0.15, 0.2) is 0 Å². The Labute approximate surface area is 113 Å². The van der Waals surface area contributed by atoms with E-state index in [1.165, 1.54) is 0 Å². The van der Waals surface area contributed by atoms with Gasteiger partial charge in [0.2, 0.25) is 5.91 Å². The maximum Gasteiger partial charge on any atom is 0.224 e. The SMILES string of the molecule is Cc1ccc(NC(=O)CC2CCNCC2)cc1Cl. The molecule has 1 heterocycles. The summed E-state index contributed by atoms with van der Waals surface area (Å²) in [6.07, 6.45) is 2.78. The second-order valence-corrected chi connectivity index (χ2v) is 5.32. The summed E-state index contributed by atoms with van der Waals surface area (Å²) < 4.78 is 0. The lowest BCUT2D eigenvalue weighted by Gasteiger charge is -2.21. The fourth-order valence-electron chi connectivity index (χ4n) is 2.23. The van der Waals surface area contributed by atoms with Crippen molar-refractivity contribution >= 4 is 23.2 Å². The molecule has 0 aromatic heterocycles. The number of hydrogen-bond donors (Lipinski definition) is 2. The van der Waals surface area contributed by atoms with E-state index in [4.69, 9.17) is 11.6 Å². The lowest BCUT2D eigenvalue weighted by molar-refractivity contribution is -0.117. The van der Waals surface area contributed by atoms with Crippen molar-refractivity contribution < 1.29 is 4.79 Å². The van der Waals surface area contributed by atoms with Gasteiger partial charge in [-0.2, -0.15) is 0 Å². The Morgan fingerprint density at radius 1 is 1.44 bits per heavy atom. The maximum absolute atomic E-state index is 11.9. The minimum Gasteiger partial charge on any atom is -0.326 e. The molecule has 2 rings (SSSR count). The second-order valence-electron chi connectivity index (χ2n) is 4.91. The van der Waals surface area contributed by atoms with Crippen molar-refractivity contribution in [1.82, 2.24) is 5.32 Å². The lowest BCUT2D eigenvalue weighted by atomic mass is 9.94. The first-order chi connectivity index (χ1) is 8.65.